The number of allylic oxidation sites excluding steroid dienone is 1. The average molecular weight is 451 g/mol. The number of oxazole rings is 1. The van der Waals surface area contributed by atoms with E-state index in [9.17, 15) is 9.59 Å². The monoisotopic (exact) mass is 450 g/mol. The van der Waals surface area contributed by atoms with Gasteiger partial charge in [0.25, 0.3) is 5.91 Å². The minimum Gasteiger partial charge on any atom is -0.463 e. The van der Waals surface area contributed by atoms with E-state index in [4.69, 9.17) is 21.4 Å². The lowest BCUT2D eigenvalue weighted by Crippen LogP contribution is -2.56. The van der Waals surface area contributed by atoms with Gasteiger partial charge in [-0.2, -0.15) is 0 Å². The highest BCUT2D eigenvalue weighted by Crippen LogP contribution is 2.33. The Morgan fingerprint density at radius 1 is 1.22 bits per heavy atom. The van der Waals surface area contributed by atoms with Crippen LogP contribution in [0.2, 0.25) is 0 Å². The van der Waals surface area contributed by atoms with Gasteiger partial charge in [-0.3, -0.25) is 10.2 Å². The van der Waals surface area contributed by atoms with Crippen LogP contribution in [0.1, 0.15) is 41.7 Å². The fraction of sp³-hybridized carbons (Fsp3) is 0.217. The van der Waals surface area contributed by atoms with Crippen molar-refractivity contribution >= 4 is 40.3 Å². The molecule has 0 aliphatic carbocycles. The highest BCUT2D eigenvalue weighted by atomic mass is 32.1. The molecule has 0 fully saturated rings. The summed E-state index contributed by atoms with van der Waals surface area (Å²) in [6.45, 7) is 5.47. The van der Waals surface area contributed by atoms with Crippen LogP contribution in [0.3, 0.4) is 0 Å². The summed E-state index contributed by atoms with van der Waals surface area (Å²) in [6.07, 6.45) is 0. The number of hydrazine groups is 1. The summed E-state index contributed by atoms with van der Waals surface area (Å²) in [6, 6.07) is 13.7. The van der Waals surface area contributed by atoms with Crippen LogP contribution in [0.25, 0.3) is 11.1 Å². The molecule has 0 saturated heterocycles. The molecule has 1 atom stereocenters. The quantitative estimate of drug-likeness (QED) is 0.450. The first-order chi connectivity index (χ1) is 15.4. The fourth-order valence-corrected chi connectivity index (χ4v) is 3.94. The number of thiocarbonyl (C=S) groups is 1. The molecule has 0 spiro atoms. The van der Waals surface area contributed by atoms with Crippen LogP contribution in [0, 0.1) is 6.92 Å². The molecule has 2 heterocycles. The van der Waals surface area contributed by atoms with Gasteiger partial charge in [0.1, 0.15) is 11.6 Å². The predicted molar refractivity (Wildman–Crippen MR) is 122 cm³/mol. The van der Waals surface area contributed by atoms with E-state index in [1.165, 1.54) is 5.01 Å². The average Bonchev–Trinajstić information content (AvgIpc) is 3.15. The van der Waals surface area contributed by atoms with Crippen molar-refractivity contribution in [2.45, 2.75) is 26.8 Å². The standard InChI is InChI=1S/C23H22N4O4S/c1-4-30-22(29)19-13(2)24-23(32)27(20(19)15-8-6-5-7-9-15)26-21(28)16-10-11-18-17(12-16)25-14(3)31-18/h5-12,20H,4H2,1-3H3,(H,24,32)(H,26,28). The summed E-state index contributed by atoms with van der Waals surface area (Å²) in [5, 5.41) is 4.74. The molecule has 0 bridgehead atoms. The van der Waals surface area contributed by atoms with Gasteiger partial charge in [-0.05, 0) is 49.8 Å². The summed E-state index contributed by atoms with van der Waals surface area (Å²) >= 11 is 5.52. The maximum absolute atomic E-state index is 13.1. The van der Waals surface area contributed by atoms with Gasteiger partial charge in [0, 0.05) is 18.2 Å². The first-order valence-electron chi connectivity index (χ1n) is 10.1. The molecule has 1 unspecified atom stereocenters. The third kappa shape index (κ3) is 4.06. The van der Waals surface area contributed by atoms with E-state index in [1.54, 1.807) is 39.0 Å². The van der Waals surface area contributed by atoms with Crippen LogP contribution in [-0.2, 0) is 9.53 Å². The van der Waals surface area contributed by atoms with Crippen molar-refractivity contribution in [3.63, 3.8) is 0 Å². The molecule has 2 aromatic carbocycles. The Labute approximate surface area is 190 Å². The van der Waals surface area contributed by atoms with E-state index < -0.39 is 17.9 Å². The molecule has 4 rings (SSSR count). The molecule has 164 valence electrons. The normalized spacial score (nSPS) is 16.2. The van der Waals surface area contributed by atoms with Crippen LogP contribution in [-0.4, -0.2) is 33.6 Å². The number of esters is 1. The van der Waals surface area contributed by atoms with Gasteiger partial charge in [-0.15, -0.1) is 0 Å². The molecule has 9 heteroatoms. The largest absolute Gasteiger partial charge is 0.463 e. The number of hydrogen-bond donors (Lipinski definition) is 2. The molecule has 3 aromatic rings. The highest BCUT2D eigenvalue weighted by molar-refractivity contribution is 7.80. The third-order valence-corrected chi connectivity index (χ3v) is 5.34. The zero-order valence-corrected chi connectivity index (χ0v) is 18.7. The number of rotatable bonds is 5. The van der Waals surface area contributed by atoms with E-state index in [-0.39, 0.29) is 11.7 Å². The van der Waals surface area contributed by atoms with Gasteiger partial charge < -0.3 is 14.5 Å². The highest BCUT2D eigenvalue weighted by Gasteiger charge is 2.38. The maximum Gasteiger partial charge on any atom is 0.338 e. The molecule has 2 N–H and O–H groups in total. The van der Waals surface area contributed by atoms with Crippen molar-refractivity contribution in [1.29, 1.82) is 0 Å². The number of aromatic nitrogens is 1. The van der Waals surface area contributed by atoms with E-state index in [1.807, 2.05) is 30.3 Å². The minimum absolute atomic E-state index is 0.227. The minimum atomic E-state index is -0.661. The fourth-order valence-electron chi connectivity index (χ4n) is 3.64. The Morgan fingerprint density at radius 2 is 1.97 bits per heavy atom. The summed E-state index contributed by atoms with van der Waals surface area (Å²) < 4.78 is 10.8. The van der Waals surface area contributed by atoms with Gasteiger partial charge >= 0.3 is 5.97 Å². The lowest BCUT2D eigenvalue weighted by Gasteiger charge is -2.39. The second-order valence-corrected chi connectivity index (χ2v) is 7.62. The van der Waals surface area contributed by atoms with Crippen molar-refractivity contribution < 1.29 is 18.7 Å². The van der Waals surface area contributed by atoms with Crippen LogP contribution >= 0.6 is 12.2 Å². The van der Waals surface area contributed by atoms with Crippen molar-refractivity contribution in [2.24, 2.45) is 0 Å². The Morgan fingerprint density at radius 3 is 2.69 bits per heavy atom. The number of nitrogens with zero attached hydrogens (tertiary/aromatic N) is 2. The number of nitrogens with one attached hydrogen (secondary N) is 2. The molecule has 0 radical (unpaired) electrons. The summed E-state index contributed by atoms with van der Waals surface area (Å²) in [5.74, 6) is -0.365. The number of carbonyl (C=O) groups is 2. The number of amides is 1. The van der Waals surface area contributed by atoms with E-state index in [0.717, 1.165) is 5.56 Å². The zero-order valence-electron chi connectivity index (χ0n) is 17.8. The number of hydrogen-bond acceptors (Lipinski definition) is 6. The predicted octanol–water partition coefficient (Wildman–Crippen LogP) is 3.55. The molecule has 1 aliphatic heterocycles. The molecular weight excluding hydrogens is 428 g/mol. The Bertz CT molecular complexity index is 1240. The van der Waals surface area contributed by atoms with Crippen molar-refractivity contribution in [1.82, 2.24) is 20.7 Å². The molecule has 1 aromatic heterocycles. The SMILES string of the molecule is CCOC(=O)C1=C(C)NC(=S)N(NC(=O)c2ccc3oc(C)nc3c2)C1c1ccccc1. The summed E-state index contributed by atoms with van der Waals surface area (Å²) in [7, 11) is 0. The summed E-state index contributed by atoms with van der Waals surface area (Å²) in [5.41, 5.74) is 6.12. The molecule has 1 aliphatic rings. The van der Waals surface area contributed by atoms with Crippen LogP contribution in [0.15, 0.2) is 64.2 Å². The van der Waals surface area contributed by atoms with E-state index in [2.05, 4.69) is 15.7 Å². The smallest absolute Gasteiger partial charge is 0.338 e. The van der Waals surface area contributed by atoms with Gasteiger partial charge in [0.15, 0.2) is 16.6 Å². The second kappa shape index (κ2) is 8.80. The van der Waals surface area contributed by atoms with E-state index >= 15 is 0 Å². The lowest BCUT2D eigenvalue weighted by atomic mass is 9.95. The molecule has 0 saturated carbocycles. The lowest BCUT2D eigenvalue weighted by molar-refractivity contribution is -0.139. The number of carbonyl (C=O) groups excluding carboxylic acids is 2. The van der Waals surface area contributed by atoms with Gasteiger partial charge in [0.05, 0.1) is 12.2 Å². The molecule has 32 heavy (non-hydrogen) atoms. The van der Waals surface area contributed by atoms with Crippen LogP contribution in [0.5, 0.6) is 0 Å². The van der Waals surface area contributed by atoms with Gasteiger partial charge in [0.2, 0.25) is 0 Å². The summed E-state index contributed by atoms with van der Waals surface area (Å²) in [4.78, 5) is 30.2. The Kier molecular flexibility index (Phi) is 5.91. The van der Waals surface area contributed by atoms with Gasteiger partial charge in [-0.1, -0.05) is 30.3 Å². The Balaban J connectivity index is 1.72. The first kappa shape index (κ1) is 21.5. The zero-order chi connectivity index (χ0) is 22.8. The van der Waals surface area contributed by atoms with Crippen LogP contribution in [0.4, 0.5) is 0 Å². The number of ether oxygens (including phenoxy) is 1. The van der Waals surface area contributed by atoms with Crippen LogP contribution < -0.4 is 10.7 Å². The number of benzene rings is 2. The van der Waals surface area contributed by atoms with Crippen molar-refractivity contribution in [3.05, 3.63) is 76.8 Å². The van der Waals surface area contributed by atoms with Crippen molar-refractivity contribution in [2.75, 3.05) is 6.61 Å². The Hall–Kier alpha value is -3.72. The number of aryl methyl sites for hydroxylation is 1. The van der Waals surface area contributed by atoms with Crippen molar-refractivity contribution in [3.8, 4) is 0 Å². The third-order valence-electron chi connectivity index (χ3n) is 5.04. The molecule has 8 nitrogen and oxygen atoms in total. The molecule has 1 amide bonds. The van der Waals surface area contributed by atoms with Gasteiger partial charge in [-0.25, -0.2) is 14.8 Å². The van der Waals surface area contributed by atoms with E-state index in [0.29, 0.717) is 33.8 Å². The maximum atomic E-state index is 13.1. The first-order valence-corrected chi connectivity index (χ1v) is 10.5. The second-order valence-electron chi connectivity index (χ2n) is 7.23. The molecular formula is C23H22N4O4S. The number of fused-ring (bicyclic) bond motifs is 1. The topological polar surface area (TPSA) is 96.7 Å².